The average molecular weight is 334 g/mol. The highest BCUT2D eigenvalue weighted by molar-refractivity contribution is 14.1. The van der Waals surface area contributed by atoms with Crippen LogP contribution < -0.4 is 4.74 Å². The Morgan fingerprint density at radius 3 is 2.62 bits per heavy atom. The Kier molecular flexibility index (Phi) is 3.71. The normalized spacial score (nSPS) is 23.3. The summed E-state index contributed by atoms with van der Waals surface area (Å²) in [6.07, 6.45) is 0.0225. The third kappa shape index (κ3) is 3.33. The average Bonchev–Trinajstić information content (AvgIpc) is 2.58. The first-order valence-electron chi connectivity index (χ1n) is 5.25. The van der Waals surface area contributed by atoms with Gasteiger partial charge >= 0.3 is 0 Å². The Bertz CT molecular complexity index is 348. The molecule has 0 bridgehead atoms. The minimum absolute atomic E-state index is 0.0225. The lowest BCUT2D eigenvalue weighted by Gasteiger charge is -2.17. The summed E-state index contributed by atoms with van der Waals surface area (Å²) in [6, 6.07) is 7.96. The number of benzene rings is 1. The van der Waals surface area contributed by atoms with Crippen LogP contribution >= 0.6 is 22.6 Å². The molecule has 1 aromatic carbocycles. The first kappa shape index (κ1) is 12.1. The zero-order valence-electron chi connectivity index (χ0n) is 9.40. The van der Waals surface area contributed by atoms with Gasteiger partial charge in [-0.15, -0.1) is 0 Å². The summed E-state index contributed by atoms with van der Waals surface area (Å²) in [6.45, 7) is 4.96. The highest BCUT2D eigenvalue weighted by atomic mass is 127. The molecule has 0 saturated carbocycles. The van der Waals surface area contributed by atoms with Crippen molar-refractivity contribution in [3.05, 3.63) is 27.8 Å². The Balaban J connectivity index is 1.82. The third-order valence-corrected chi connectivity index (χ3v) is 3.04. The first-order chi connectivity index (χ1) is 7.55. The van der Waals surface area contributed by atoms with Crippen LogP contribution in [-0.2, 0) is 9.47 Å². The molecule has 3 nitrogen and oxygen atoms in total. The molecular formula is C12H15IO3. The van der Waals surface area contributed by atoms with E-state index in [9.17, 15) is 0 Å². The maximum absolute atomic E-state index is 5.65. The van der Waals surface area contributed by atoms with Crippen molar-refractivity contribution in [3.8, 4) is 5.75 Å². The molecule has 0 unspecified atom stereocenters. The van der Waals surface area contributed by atoms with E-state index in [4.69, 9.17) is 14.2 Å². The predicted octanol–water partition coefficient (Wildman–Crippen LogP) is 2.82. The van der Waals surface area contributed by atoms with Crippen molar-refractivity contribution in [2.24, 2.45) is 0 Å². The van der Waals surface area contributed by atoms with E-state index in [1.807, 2.05) is 38.1 Å². The van der Waals surface area contributed by atoms with E-state index in [-0.39, 0.29) is 6.10 Å². The molecule has 88 valence electrons. The molecule has 0 spiro atoms. The zero-order valence-corrected chi connectivity index (χ0v) is 11.6. The fourth-order valence-corrected chi connectivity index (χ4v) is 1.92. The quantitative estimate of drug-likeness (QED) is 0.796. The van der Waals surface area contributed by atoms with E-state index in [1.165, 1.54) is 3.57 Å². The molecule has 1 saturated heterocycles. The molecule has 1 aliphatic heterocycles. The fraction of sp³-hybridized carbons (Fsp3) is 0.500. The van der Waals surface area contributed by atoms with Crippen LogP contribution in [0.15, 0.2) is 24.3 Å². The van der Waals surface area contributed by atoms with Gasteiger partial charge in [-0.25, -0.2) is 0 Å². The van der Waals surface area contributed by atoms with Gasteiger partial charge in [-0.2, -0.15) is 0 Å². The van der Waals surface area contributed by atoms with E-state index in [0.717, 1.165) is 5.75 Å². The summed E-state index contributed by atoms with van der Waals surface area (Å²) < 4.78 is 17.9. The Morgan fingerprint density at radius 2 is 2.06 bits per heavy atom. The van der Waals surface area contributed by atoms with Gasteiger partial charge in [0.1, 0.15) is 18.5 Å². The van der Waals surface area contributed by atoms with Crippen LogP contribution in [0.4, 0.5) is 0 Å². The topological polar surface area (TPSA) is 27.7 Å². The number of rotatable bonds is 3. The second-order valence-electron chi connectivity index (χ2n) is 4.22. The minimum atomic E-state index is -0.472. The van der Waals surface area contributed by atoms with Crippen LogP contribution in [-0.4, -0.2) is 25.1 Å². The summed E-state index contributed by atoms with van der Waals surface area (Å²) in [5, 5.41) is 0. The maximum atomic E-state index is 5.65. The Hall–Kier alpha value is -0.330. The van der Waals surface area contributed by atoms with Crippen molar-refractivity contribution in [1.82, 2.24) is 0 Å². The number of halogens is 1. The summed E-state index contributed by atoms with van der Waals surface area (Å²) in [4.78, 5) is 0. The molecule has 0 amide bonds. The van der Waals surface area contributed by atoms with Gasteiger partial charge in [-0.05, 0) is 60.7 Å². The van der Waals surface area contributed by atoms with Crippen LogP contribution in [0.5, 0.6) is 5.75 Å². The van der Waals surface area contributed by atoms with Crippen molar-refractivity contribution >= 4 is 22.6 Å². The van der Waals surface area contributed by atoms with E-state index >= 15 is 0 Å². The zero-order chi connectivity index (χ0) is 11.6. The maximum Gasteiger partial charge on any atom is 0.163 e. The van der Waals surface area contributed by atoms with Crippen molar-refractivity contribution in [2.45, 2.75) is 25.7 Å². The monoisotopic (exact) mass is 334 g/mol. The molecule has 1 fully saturated rings. The van der Waals surface area contributed by atoms with Crippen molar-refractivity contribution in [3.63, 3.8) is 0 Å². The number of hydrogen-bond donors (Lipinski definition) is 0. The van der Waals surface area contributed by atoms with Crippen LogP contribution in [0.25, 0.3) is 0 Å². The molecule has 1 heterocycles. The van der Waals surface area contributed by atoms with Crippen LogP contribution in [0.2, 0.25) is 0 Å². The summed E-state index contributed by atoms with van der Waals surface area (Å²) in [5.74, 6) is 0.397. The second-order valence-corrected chi connectivity index (χ2v) is 5.46. The highest BCUT2D eigenvalue weighted by Gasteiger charge is 2.32. The minimum Gasteiger partial charge on any atom is -0.491 e. The fourth-order valence-electron chi connectivity index (χ4n) is 1.57. The SMILES string of the molecule is CC1(C)OC[C@H](COc2ccc(I)cc2)O1. The summed E-state index contributed by atoms with van der Waals surface area (Å²) in [5.41, 5.74) is 0. The first-order valence-corrected chi connectivity index (χ1v) is 6.33. The lowest BCUT2D eigenvalue weighted by molar-refractivity contribution is -0.141. The predicted molar refractivity (Wildman–Crippen MR) is 69.6 cm³/mol. The van der Waals surface area contributed by atoms with E-state index in [2.05, 4.69) is 22.6 Å². The van der Waals surface area contributed by atoms with E-state index in [0.29, 0.717) is 13.2 Å². The van der Waals surface area contributed by atoms with Crippen LogP contribution in [0.3, 0.4) is 0 Å². The van der Waals surface area contributed by atoms with E-state index < -0.39 is 5.79 Å². The third-order valence-electron chi connectivity index (χ3n) is 2.32. The molecule has 1 aromatic rings. The lowest BCUT2D eigenvalue weighted by atomic mass is 10.3. The van der Waals surface area contributed by atoms with Gasteiger partial charge in [0.2, 0.25) is 0 Å². The molecular weight excluding hydrogens is 319 g/mol. The van der Waals surface area contributed by atoms with Crippen LogP contribution in [0.1, 0.15) is 13.8 Å². The van der Waals surface area contributed by atoms with Gasteiger partial charge in [0.15, 0.2) is 5.79 Å². The molecule has 0 radical (unpaired) electrons. The van der Waals surface area contributed by atoms with Gasteiger partial charge < -0.3 is 14.2 Å². The van der Waals surface area contributed by atoms with Crippen molar-refractivity contribution in [1.29, 1.82) is 0 Å². The molecule has 2 rings (SSSR count). The van der Waals surface area contributed by atoms with Gasteiger partial charge in [0.25, 0.3) is 0 Å². The smallest absolute Gasteiger partial charge is 0.163 e. The standard InChI is InChI=1S/C12H15IO3/c1-12(2)15-8-11(16-12)7-14-10-5-3-9(13)4-6-10/h3-6,11H,7-8H2,1-2H3/t11-/m0/s1. The van der Waals surface area contributed by atoms with Crippen LogP contribution in [0, 0.1) is 3.57 Å². The van der Waals surface area contributed by atoms with Gasteiger partial charge in [0, 0.05) is 3.57 Å². The van der Waals surface area contributed by atoms with Crippen molar-refractivity contribution < 1.29 is 14.2 Å². The second kappa shape index (κ2) is 4.89. The molecule has 16 heavy (non-hydrogen) atoms. The number of ether oxygens (including phenoxy) is 3. The van der Waals surface area contributed by atoms with E-state index in [1.54, 1.807) is 0 Å². The molecule has 0 aliphatic carbocycles. The highest BCUT2D eigenvalue weighted by Crippen LogP contribution is 2.23. The molecule has 4 heteroatoms. The largest absolute Gasteiger partial charge is 0.491 e. The van der Waals surface area contributed by atoms with Gasteiger partial charge in [-0.3, -0.25) is 0 Å². The van der Waals surface area contributed by atoms with Gasteiger partial charge in [-0.1, -0.05) is 0 Å². The van der Waals surface area contributed by atoms with Crippen molar-refractivity contribution in [2.75, 3.05) is 13.2 Å². The molecule has 0 aromatic heterocycles. The molecule has 1 atom stereocenters. The number of hydrogen-bond acceptors (Lipinski definition) is 3. The van der Waals surface area contributed by atoms with Gasteiger partial charge in [0.05, 0.1) is 6.61 Å². The Labute approximate surface area is 109 Å². The lowest BCUT2D eigenvalue weighted by Crippen LogP contribution is -2.25. The Morgan fingerprint density at radius 1 is 1.38 bits per heavy atom. The summed E-state index contributed by atoms with van der Waals surface area (Å²) in [7, 11) is 0. The molecule has 0 N–H and O–H groups in total. The summed E-state index contributed by atoms with van der Waals surface area (Å²) >= 11 is 2.27. The molecule has 1 aliphatic rings.